The summed E-state index contributed by atoms with van der Waals surface area (Å²) < 4.78 is 23.7. The van der Waals surface area contributed by atoms with E-state index in [0.717, 1.165) is 24.8 Å². The number of piperidine rings is 1. The molecule has 0 unspecified atom stereocenters. The van der Waals surface area contributed by atoms with Gasteiger partial charge in [0, 0.05) is 23.7 Å². The van der Waals surface area contributed by atoms with Crippen LogP contribution in [0.2, 0.25) is 0 Å². The molecule has 1 amide bonds. The van der Waals surface area contributed by atoms with Crippen molar-refractivity contribution in [3.63, 3.8) is 0 Å². The van der Waals surface area contributed by atoms with Crippen molar-refractivity contribution >= 4 is 5.91 Å². The Morgan fingerprint density at radius 3 is 2.64 bits per heavy atom. The molecule has 0 aliphatic carbocycles. The van der Waals surface area contributed by atoms with E-state index in [-0.39, 0.29) is 37.0 Å². The largest absolute Gasteiger partial charge is 0.365 e. The van der Waals surface area contributed by atoms with Crippen molar-refractivity contribution in [3.8, 4) is 11.3 Å². The van der Waals surface area contributed by atoms with Crippen LogP contribution in [0.3, 0.4) is 0 Å². The summed E-state index contributed by atoms with van der Waals surface area (Å²) in [6.45, 7) is 4.40. The van der Waals surface area contributed by atoms with Gasteiger partial charge in [-0.1, -0.05) is 5.16 Å². The highest BCUT2D eigenvalue weighted by atomic mass is 19.1. The van der Waals surface area contributed by atoms with Crippen LogP contribution in [0.1, 0.15) is 38.8 Å². The molecule has 1 fully saturated rings. The van der Waals surface area contributed by atoms with Gasteiger partial charge in [-0.25, -0.2) is 4.39 Å². The van der Waals surface area contributed by atoms with Crippen molar-refractivity contribution in [1.82, 2.24) is 10.1 Å². The van der Waals surface area contributed by atoms with Crippen molar-refractivity contribution in [3.05, 3.63) is 41.8 Å². The number of halogens is 1. The van der Waals surface area contributed by atoms with E-state index in [0.29, 0.717) is 11.5 Å². The number of carbonyl (C=O) groups is 1. The predicted molar refractivity (Wildman–Crippen MR) is 91.2 cm³/mol. The van der Waals surface area contributed by atoms with Gasteiger partial charge < -0.3 is 14.2 Å². The molecule has 0 saturated carbocycles. The first-order valence-corrected chi connectivity index (χ1v) is 8.65. The first kappa shape index (κ1) is 17.6. The molecule has 0 spiro atoms. The van der Waals surface area contributed by atoms with Gasteiger partial charge in [0.1, 0.15) is 18.1 Å². The smallest absolute Gasteiger partial charge is 0.249 e. The number of amides is 1. The number of likely N-dealkylation sites (tertiary alicyclic amines) is 1. The van der Waals surface area contributed by atoms with E-state index < -0.39 is 0 Å². The van der Waals surface area contributed by atoms with E-state index in [1.54, 1.807) is 18.2 Å². The summed E-state index contributed by atoms with van der Waals surface area (Å²) in [5.74, 6) is 0.261. The molecule has 1 aromatic heterocycles. The minimum absolute atomic E-state index is 0.0157. The highest BCUT2D eigenvalue weighted by Gasteiger charge is 2.28. The van der Waals surface area contributed by atoms with E-state index in [4.69, 9.17) is 9.26 Å². The Morgan fingerprint density at radius 2 is 1.96 bits per heavy atom. The average Bonchev–Trinajstić information content (AvgIpc) is 3.04. The van der Waals surface area contributed by atoms with Gasteiger partial charge in [-0.3, -0.25) is 4.79 Å². The van der Waals surface area contributed by atoms with Gasteiger partial charge >= 0.3 is 0 Å². The molecule has 2 aromatic rings. The number of rotatable bonds is 5. The number of benzene rings is 1. The van der Waals surface area contributed by atoms with Crippen LogP contribution in [0.5, 0.6) is 0 Å². The van der Waals surface area contributed by atoms with Gasteiger partial charge in [-0.2, -0.15) is 0 Å². The number of ether oxygens (including phenoxy) is 1. The molecule has 1 aliphatic rings. The normalized spacial score (nSPS) is 20.7. The van der Waals surface area contributed by atoms with Crippen molar-refractivity contribution in [1.29, 1.82) is 0 Å². The number of hydrogen-bond acceptors (Lipinski definition) is 4. The molecule has 1 aromatic carbocycles. The number of carbonyl (C=O) groups excluding carboxylic acids is 1. The molecule has 0 bridgehead atoms. The van der Waals surface area contributed by atoms with Crippen LogP contribution in [0.15, 0.2) is 34.9 Å². The number of hydrogen-bond donors (Lipinski definition) is 0. The summed E-state index contributed by atoms with van der Waals surface area (Å²) in [4.78, 5) is 14.3. The Kier molecular flexibility index (Phi) is 5.48. The second-order valence-electron chi connectivity index (χ2n) is 6.61. The zero-order valence-electron chi connectivity index (χ0n) is 14.6. The highest BCUT2D eigenvalue weighted by Crippen LogP contribution is 2.23. The van der Waals surface area contributed by atoms with Crippen LogP contribution in [0, 0.1) is 5.82 Å². The molecule has 25 heavy (non-hydrogen) atoms. The summed E-state index contributed by atoms with van der Waals surface area (Å²) in [5, 5.41) is 3.94. The third-order valence-electron chi connectivity index (χ3n) is 4.64. The van der Waals surface area contributed by atoms with Crippen molar-refractivity contribution in [2.75, 3.05) is 6.61 Å². The predicted octanol–water partition coefficient (Wildman–Crippen LogP) is 3.79. The lowest BCUT2D eigenvalue weighted by Crippen LogP contribution is -2.48. The molecule has 0 N–H and O–H groups in total. The van der Waals surface area contributed by atoms with E-state index in [9.17, 15) is 9.18 Å². The molecule has 6 heteroatoms. The molecular weight excluding hydrogens is 323 g/mol. The Morgan fingerprint density at radius 1 is 1.28 bits per heavy atom. The monoisotopic (exact) mass is 346 g/mol. The molecule has 2 heterocycles. The maximum Gasteiger partial charge on any atom is 0.249 e. The Balaban J connectivity index is 1.52. The highest BCUT2D eigenvalue weighted by molar-refractivity contribution is 5.78. The van der Waals surface area contributed by atoms with Crippen molar-refractivity contribution < 1.29 is 18.4 Å². The van der Waals surface area contributed by atoms with E-state index in [1.165, 1.54) is 12.1 Å². The van der Waals surface area contributed by atoms with Gasteiger partial charge in [0.25, 0.3) is 0 Å². The fourth-order valence-electron chi connectivity index (χ4n) is 3.36. The summed E-state index contributed by atoms with van der Waals surface area (Å²) in [6, 6.07) is 8.26. The minimum atomic E-state index is -0.300. The quantitative estimate of drug-likeness (QED) is 0.827. The van der Waals surface area contributed by atoms with Crippen molar-refractivity contribution in [2.24, 2.45) is 0 Å². The maximum atomic E-state index is 13.0. The van der Waals surface area contributed by atoms with Crippen LogP contribution in [-0.2, 0) is 16.1 Å². The van der Waals surface area contributed by atoms with Gasteiger partial charge in [-0.15, -0.1) is 0 Å². The van der Waals surface area contributed by atoms with Crippen molar-refractivity contribution in [2.45, 2.75) is 51.8 Å². The average molecular weight is 346 g/mol. The lowest BCUT2D eigenvalue weighted by Gasteiger charge is -2.39. The fraction of sp³-hybridized carbons (Fsp3) is 0.474. The first-order valence-electron chi connectivity index (χ1n) is 8.65. The van der Waals surface area contributed by atoms with E-state index in [1.807, 2.05) is 4.90 Å². The van der Waals surface area contributed by atoms with Gasteiger partial charge in [0.2, 0.25) is 5.91 Å². The van der Waals surface area contributed by atoms with Crippen LogP contribution >= 0.6 is 0 Å². The molecule has 5 nitrogen and oxygen atoms in total. The zero-order chi connectivity index (χ0) is 17.8. The number of aromatic nitrogens is 1. The molecule has 1 aliphatic heterocycles. The molecule has 1 saturated heterocycles. The molecule has 2 atom stereocenters. The van der Waals surface area contributed by atoms with Crippen LogP contribution in [0.4, 0.5) is 4.39 Å². The molecule has 3 rings (SSSR count). The summed E-state index contributed by atoms with van der Waals surface area (Å²) in [7, 11) is 0. The third kappa shape index (κ3) is 4.25. The van der Waals surface area contributed by atoms with Gasteiger partial charge in [-0.05, 0) is 57.4 Å². The summed E-state index contributed by atoms with van der Waals surface area (Å²) >= 11 is 0. The summed E-state index contributed by atoms with van der Waals surface area (Å²) in [5.41, 5.74) is 1.35. The van der Waals surface area contributed by atoms with Gasteiger partial charge in [0.15, 0.2) is 5.76 Å². The standard InChI is InChI=1S/C19H23FN2O3/c1-13-4-3-5-14(2)22(13)19(23)12-24-11-17-10-18(25-21-17)15-6-8-16(20)9-7-15/h6-10,13-14H,3-5,11-12H2,1-2H3/t13-,14-/m0/s1. The Labute approximate surface area is 146 Å². The lowest BCUT2D eigenvalue weighted by molar-refractivity contribution is -0.142. The minimum Gasteiger partial charge on any atom is -0.365 e. The summed E-state index contributed by atoms with van der Waals surface area (Å²) in [6.07, 6.45) is 3.25. The second kappa shape index (κ2) is 7.78. The molecule has 0 radical (unpaired) electrons. The molecule has 134 valence electrons. The topological polar surface area (TPSA) is 55.6 Å². The van der Waals surface area contributed by atoms with E-state index >= 15 is 0 Å². The number of nitrogens with zero attached hydrogens (tertiary/aromatic N) is 2. The maximum absolute atomic E-state index is 13.0. The second-order valence-corrected chi connectivity index (χ2v) is 6.61. The lowest BCUT2D eigenvalue weighted by atomic mass is 9.97. The Hall–Kier alpha value is -2.21. The van der Waals surface area contributed by atoms with Crippen LogP contribution < -0.4 is 0 Å². The SMILES string of the molecule is C[C@H]1CCC[C@H](C)N1C(=O)COCc1cc(-c2ccc(F)cc2)on1. The molecular formula is C19H23FN2O3. The van der Waals surface area contributed by atoms with Crippen LogP contribution in [0.25, 0.3) is 11.3 Å². The first-order chi connectivity index (χ1) is 12.0. The third-order valence-corrected chi connectivity index (χ3v) is 4.64. The fourth-order valence-corrected chi connectivity index (χ4v) is 3.36. The zero-order valence-corrected chi connectivity index (χ0v) is 14.6. The van der Waals surface area contributed by atoms with Gasteiger partial charge in [0.05, 0.1) is 6.61 Å². The van der Waals surface area contributed by atoms with Crippen LogP contribution in [-0.4, -0.2) is 34.7 Å². The van der Waals surface area contributed by atoms with E-state index in [2.05, 4.69) is 19.0 Å². The Bertz CT molecular complexity index is 704.